The SMILES string of the molecule is N#Cc1ccc2c(c1)c1ccccc1n2-c1cccc(-c2ccc(-c3c(C#N)ccc(C#N)c3-n3c4ccccc4c4ccccc43)cc2)c1. The molecule has 0 aliphatic heterocycles. The van der Waals surface area contributed by atoms with Gasteiger partial charge in [0.1, 0.15) is 6.07 Å². The van der Waals surface area contributed by atoms with Crippen LogP contribution in [0, 0.1) is 34.0 Å². The third kappa shape index (κ3) is 4.31. The van der Waals surface area contributed by atoms with Gasteiger partial charge in [0.15, 0.2) is 0 Å². The molecule has 230 valence electrons. The molecule has 5 nitrogen and oxygen atoms in total. The van der Waals surface area contributed by atoms with Crippen LogP contribution in [-0.4, -0.2) is 9.13 Å². The lowest BCUT2D eigenvalue weighted by molar-refractivity contribution is 1.17. The molecule has 2 heterocycles. The number of fused-ring (bicyclic) bond motifs is 6. The second-order valence-corrected chi connectivity index (χ2v) is 12.3. The third-order valence-electron chi connectivity index (χ3n) is 9.64. The monoisotopic (exact) mass is 635 g/mol. The Balaban J connectivity index is 1.20. The number of rotatable bonds is 4. The second-order valence-electron chi connectivity index (χ2n) is 12.3. The first-order valence-electron chi connectivity index (χ1n) is 16.3. The van der Waals surface area contributed by atoms with Gasteiger partial charge < -0.3 is 9.13 Å². The van der Waals surface area contributed by atoms with Crippen LogP contribution in [0.5, 0.6) is 0 Å². The van der Waals surface area contributed by atoms with Gasteiger partial charge in [-0.2, -0.15) is 15.8 Å². The Hall–Kier alpha value is -7.39. The van der Waals surface area contributed by atoms with Gasteiger partial charge in [0.2, 0.25) is 0 Å². The van der Waals surface area contributed by atoms with Gasteiger partial charge in [-0.25, -0.2) is 0 Å². The van der Waals surface area contributed by atoms with Gasteiger partial charge in [-0.05, 0) is 77.4 Å². The van der Waals surface area contributed by atoms with E-state index in [1.165, 1.54) is 0 Å². The van der Waals surface area contributed by atoms with Crippen molar-refractivity contribution in [2.24, 2.45) is 0 Å². The van der Waals surface area contributed by atoms with Gasteiger partial charge in [-0.1, -0.05) is 91.0 Å². The molecule has 50 heavy (non-hydrogen) atoms. The first kappa shape index (κ1) is 28.8. The van der Waals surface area contributed by atoms with E-state index in [4.69, 9.17) is 0 Å². The van der Waals surface area contributed by atoms with E-state index in [1.807, 2.05) is 66.7 Å². The zero-order valence-corrected chi connectivity index (χ0v) is 26.7. The summed E-state index contributed by atoms with van der Waals surface area (Å²) in [5, 5.41) is 34.6. The van der Waals surface area contributed by atoms with E-state index in [2.05, 4.69) is 100 Å². The highest BCUT2D eigenvalue weighted by Gasteiger charge is 2.22. The van der Waals surface area contributed by atoms with E-state index in [-0.39, 0.29) is 0 Å². The van der Waals surface area contributed by atoms with Crippen molar-refractivity contribution < 1.29 is 0 Å². The molecule has 0 spiro atoms. The van der Waals surface area contributed by atoms with Gasteiger partial charge >= 0.3 is 0 Å². The molecule has 0 unspecified atom stereocenters. The Morgan fingerprint density at radius 3 is 1.58 bits per heavy atom. The topological polar surface area (TPSA) is 81.2 Å². The summed E-state index contributed by atoms with van der Waals surface area (Å²) in [6.07, 6.45) is 0. The molecule has 0 saturated heterocycles. The standard InChI is InChI=1S/C45H25N5/c46-26-29-16-23-43-39(24-29)38-12-3-4-13-40(38)49(43)35-9-7-8-32(25-35)30-17-19-31(20-18-30)44-33(27-47)21-22-34(28-48)45(44)50-41-14-5-1-10-36(41)37-11-2-6-15-42(37)50/h1-25H. The molecule has 0 atom stereocenters. The summed E-state index contributed by atoms with van der Waals surface area (Å²) in [6.45, 7) is 0. The van der Waals surface area contributed by atoms with E-state index in [9.17, 15) is 15.8 Å². The van der Waals surface area contributed by atoms with Gasteiger partial charge in [0, 0.05) is 32.8 Å². The zero-order chi connectivity index (χ0) is 33.8. The molecule has 7 aromatic carbocycles. The highest BCUT2D eigenvalue weighted by atomic mass is 15.0. The van der Waals surface area contributed by atoms with Crippen LogP contribution in [0.15, 0.2) is 152 Å². The molecular formula is C45H25N5. The summed E-state index contributed by atoms with van der Waals surface area (Å²) in [5.41, 5.74) is 11.1. The molecule has 9 rings (SSSR count). The van der Waals surface area contributed by atoms with Crippen molar-refractivity contribution in [1.29, 1.82) is 15.8 Å². The quantitative estimate of drug-likeness (QED) is 0.193. The van der Waals surface area contributed by atoms with Crippen LogP contribution in [0.3, 0.4) is 0 Å². The molecule has 9 aromatic rings. The lowest BCUT2D eigenvalue weighted by atomic mass is 9.93. The lowest BCUT2D eigenvalue weighted by Crippen LogP contribution is -2.03. The van der Waals surface area contributed by atoms with Crippen LogP contribution >= 0.6 is 0 Å². The molecular weight excluding hydrogens is 611 g/mol. The van der Waals surface area contributed by atoms with Crippen molar-refractivity contribution in [3.8, 4) is 51.8 Å². The summed E-state index contributed by atoms with van der Waals surface area (Å²) >= 11 is 0. The van der Waals surface area contributed by atoms with Crippen LogP contribution in [0.2, 0.25) is 0 Å². The average molecular weight is 636 g/mol. The van der Waals surface area contributed by atoms with Crippen LogP contribution in [0.25, 0.3) is 77.2 Å². The summed E-state index contributed by atoms with van der Waals surface area (Å²) in [7, 11) is 0. The number of para-hydroxylation sites is 3. The molecule has 0 fully saturated rings. The van der Waals surface area contributed by atoms with Crippen molar-refractivity contribution in [3.63, 3.8) is 0 Å². The van der Waals surface area contributed by atoms with Gasteiger partial charge in [-0.3, -0.25) is 0 Å². The largest absolute Gasteiger partial charge is 0.309 e. The van der Waals surface area contributed by atoms with Gasteiger partial charge in [-0.15, -0.1) is 0 Å². The number of nitriles is 3. The van der Waals surface area contributed by atoms with E-state index in [0.29, 0.717) is 22.4 Å². The first-order valence-corrected chi connectivity index (χ1v) is 16.3. The minimum atomic E-state index is 0.496. The van der Waals surface area contributed by atoms with Crippen LogP contribution < -0.4 is 0 Å². The molecule has 0 saturated carbocycles. The molecule has 0 N–H and O–H groups in total. The fourth-order valence-electron chi connectivity index (χ4n) is 7.44. The molecule has 0 aliphatic rings. The predicted molar refractivity (Wildman–Crippen MR) is 200 cm³/mol. The number of hydrogen-bond acceptors (Lipinski definition) is 3. The highest BCUT2D eigenvalue weighted by molar-refractivity contribution is 6.11. The Labute approximate surface area is 287 Å². The fraction of sp³-hybridized carbons (Fsp3) is 0. The maximum absolute atomic E-state index is 10.4. The van der Waals surface area contributed by atoms with Crippen molar-refractivity contribution >= 4 is 43.6 Å². The van der Waals surface area contributed by atoms with E-state index in [0.717, 1.165) is 71.6 Å². The second kappa shape index (κ2) is 11.4. The minimum Gasteiger partial charge on any atom is -0.309 e. The van der Waals surface area contributed by atoms with E-state index >= 15 is 0 Å². The number of nitrogens with zero attached hydrogens (tertiary/aromatic N) is 5. The predicted octanol–water partition coefficient (Wildman–Crippen LogP) is 10.8. The van der Waals surface area contributed by atoms with E-state index < -0.39 is 0 Å². The Morgan fingerprint density at radius 2 is 0.940 bits per heavy atom. The highest BCUT2D eigenvalue weighted by Crippen LogP contribution is 2.40. The summed E-state index contributed by atoms with van der Waals surface area (Å²) in [4.78, 5) is 0. The average Bonchev–Trinajstić information content (AvgIpc) is 3.70. The fourth-order valence-corrected chi connectivity index (χ4v) is 7.44. The smallest absolute Gasteiger partial charge is 0.101 e. The summed E-state index contributed by atoms with van der Waals surface area (Å²) in [6, 6.07) is 57.8. The maximum atomic E-state index is 10.4. The summed E-state index contributed by atoms with van der Waals surface area (Å²) < 4.78 is 4.37. The Bertz CT molecular complexity index is 2900. The zero-order valence-electron chi connectivity index (χ0n) is 26.7. The summed E-state index contributed by atoms with van der Waals surface area (Å²) in [5.74, 6) is 0. The van der Waals surface area contributed by atoms with Crippen molar-refractivity contribution in [1.82, 2.24) is 9.13 Å². The van der Waals surface area contributed by atoms with E-state index in [1.54, 1.807) is 12.1 Å². The number of benzene rings is 7. The normalized spacial score (nSPS) is 11.1. The van der Waals surface area contributed by atoms with Crippen molar-refractivity contribution in [2.75, 3.05) is 0 Å². The molecule has 2 aromatic heterocycles. The Morgan fingerprint density at radius 1 is 0.380 bits per heavy atom. The van der Waals surface area contributed by atoms with Gasteiger partial charge in [0.05, 0.1) is 56.6 Å². The van der Waals surface area contributed by atoms with Crippen LogP contribution in [0.1, 0.15) is 16.7 Å². The maximum Gasteiger partial charge on any atom is 0.101 e. The van der Waals surface area contributed by atoms with Crippen molar-refractivity contribution in [3.05, 3.63) is 168 Å². The number of aromatic nitrogens is 2. The molecule has 0 bridgehead atoms. The number of hydrogen-bond donors (Lipinski definition) is 0. The first-order chi connectivity index (χ1) is 24.7. The van der Waals surface area contributed by atoms with Crippen molar-refractivity contribution in [2.45, 2.75) is 0 Å². The van der Waals surface area contributed by atoms with Crippen LogP contribution in [0.4, 0.5) is 0 Å². The third-order valence-corrected chi connectivity index (χ3v) is 9.64. The minimum absolute atomic E-state index is 0.496. The lowest BCUT2D eigenvalue weighted by Gasteiger charge is -2.17. The molecule has 0 radical (unpaired) electrons. The van der Waals surface area contributed by atoms with Gasteiger partial charge in [0.25, 0.3) is 0 Å². The molecule has 5 heteroatoms. The Kier molecular flexibility index (Phi) is 6.56. The molecule has 0 amide bonds. The van der Waals surface area contributed by atoms with Crippen LogP contribution in [-0.2, 0) is 0 Å². The molecule has 0 aliphatic carbocycles.